The van der Waals surface area contributed by atoms with Gasteiger partial charge in [0.1, 0.15) is 29.1 Å². The summed E-state index contributed by atoms with van der Waals surface area (Å²) in [6.45, 7) is 7.52. The average Bonchev–Trinajstić information content (AvgIpc) is 3.85. The van der Waals surface area contributed by atoms with Gasteiger partial charge >= 0.3 is 0 Å². The van der Waals surface area contributed by atoms with Crippen LogP contribution in [0.15, 0.2) is 60.9 Å². The van der Waals surface area contributed by atoms with Gasteiger partial charge in [-0.2, -0.15) is 5.10 Å². The quantitative estimate of drug-likeness (QED) is 0.101. The van der Waals surface area contributed by atoms with E-state index in [1.165, 1.54) is 43.2 Å². The van der Waals surface area contributed by atoms with Crippen molar-refractivity contribution in [3.05, 3.63) is 89.2 Å². The normalized spacial score (nSPS) is 19.6. The summed E-state index contributed by atoms with van der Waals surface area (Å²) < 4.78 is 30.2. The summed E-state index contributed by atoms with van der Waals surface area (Å²) in [4.78, 5) is 48.3. The van der Waals surface area contributed by atoms with Gasteiger partial charge in [0.15, 0.2) is 5.65 Å². The van der Waals surface area contributed by atoms with Crippen LogP contribution in [-0.2, 0) is 16.1 Å². The second-order valence-corrected chi connectivity index (χ2v) is 15.0. The number of benzene rings is 2. The van der Waals surface area contributed by atoms with Crippen LogP contribution < -0.4 is 20.9 Å². The number of unbranched alkanes of at least 4 members (excludes halogenated alkanes) is 5. The molecule has 2 atom stereocenters. The molecule has 2 unspecified atom stereocenters. The number of halogens is 2. The van der Waals surface area contributed by atoms with Crippen LogP contribution in [0.25, 0.3) is 5.65 Å². The van der Waals surface area contributed by atoms with E-state index in [0.717, 1.165) is 76.7 Å². The minimum Gasteiger partial charge on any atom is -0.374 e. The Morgan fingerprint density at radius 1 is 0.873 bits per heavy atom. The fourth-order valence-electron chi connectivity index (χ4n) is 7.95. The summed E-state index contributed by atoms with van der Waals surface area (Å²) in [6, 6.07) is 12.9. The maximum atomic E-state index is 14.6. The van der Waals surface area contributed by atoms with E-state index in [1.807, 2.05) is 17.0 Å². The topological polar surface area (TPSA) is 127 Å². The van der Waals surface area contributed by atoms with E-state index in [1.54, 1.807) is 16.8 Å². The Kier molecular flexibility index (Phi) is 12.6. The predicted molar refractivity (Wildman–Crippen MR) is 207 cm³/mol. The van der Waals surface area contributed by atoms with Gasteiger partial charge < -0.3 is 20.4 Å². The molecule has 3 amide bonds. The molecule has 3 aliphatic heterocycles. The van der Waals surface area contributed by atoms with E-state index in [2.05, 4.69) is 43.0 Å². The summed E-state index contributed by atoms with van der Waals surface area (Å²) in [5, 5.41) is 13.0. The van der Waals surface area contributed by atoms with Crippen molar-refractivity contribution in [2.45, 2.75) is 82.8 Å². The minimum absolute atomic E-state index is 0.206. The van der Waals surface area contributed by atoms with Crippen molar-refractivity contribution in [2.24, 2.45) is 0 Å². The first kappa shape index (κ1) is 38.3. The zero-order valence-corrected chi connectivity index (χ0v) is 31.3. The van der Waals surface area contributed by atoms with Gasteiger partial charge in [-0.15, -0.1) is 0 Å². The lowest BCUT2D eigenvalue weighted by Crippen LogP contribution is -2.47. The largest absolute Gasteiger partial charge is 0.374 e. The SMILES string of the molecule is O=C1CCC(Nc2ccc(CN3CCN(CCCCCCCCNC(=O)c4cnn5ccc(N6CCCC6c6cc(F)ccc6F)nc45)CC3)cc2)C(=O)N1. The highest BCUT2D eigenvalue weighted by atomic mass is 19.1. The van der Waals surface area contributed by atoms with Gasteiger partial charge in [0.2, 0.25) is 11.8 Å². The molecular weight excluding hydrogens is 705 g/mol. The van der Waals surface area contributed by atoms with Crippen molar-refractivity contribution in [2.75, 3.05) is 56.0 Å². The minimum atomic E-state index is -0.468. The van der Waals surface area contributed by atoms with Crippen LogP contribution >= 0.6 is 0 Å². The molecule has 3 aliphatic rings. The maximum absolute atomic E-state index is 14.6. The number of anilines is 2. The number of nitrogens with zero attached hydrogens (tertiary/aromatic N) is 6. The maximum Gasteiger partial charge on any atom is 0.256 e. The van der Waals surface area contributed by atoms with E-state index in [9.17, 15) is 23.2 Å². The highest BCUT2D eigenvalue weighted by Crippen LogP contribution is 2.37. The van der Waals surface area contributed by atoms with E-state index < -0.39 is 11.6 Å². The lowest BCUT2D eigenvalue weighted by atomic mass is 10.0. The number of fused-ring (bicyclic) bond motifs is 1. The number of imide groups is 1. The summed E-state index contributed by atoms with van der Waals surface area (Å²) >= 11 is 0. The third kappa shape index (κ3) is 9.84. The Labute approximate surface area is 320 Å². The van der Waals surface area contributed by atoms with Crippen LogP contribution in [0.4, 0.5) is 20.3 Å². The van der Waals surface area contributed by atoms with Crippen molar-refractivity contribution in [1.29, 1.82) is 0 Å². The van der Waals surface area contributed by atoms with Crippen LogP contribution in [0.1, 0.15) is 91.7 Å². The molecule has 3 N–H and O–H groups in total. The Morgan fingerprint density at radius 2 is 1.64 bits per heavy atom. The summed E-state index contributed by atoms with van der Waals surface area (Å²) in [5.41, 5.74) is 3.29. The summed E-state index contributed by atoms with van der Waals surface area (Å²) in [5.74, 6) is -0.974. The molecule has 2 aromatic heterocycles. The van der Waals surface area contributed by atoms with Crippen LogP contribution in [0, 0.1) is 11.6 Å². The fraction of sp³-hybridized carbons (Fsp3) is 0.488. The molecule has 0 spiro atoms. The van der Waals surface area contributed by atoms with E-state index >= 15 is 0 Å². The Morgan fingerprint density at radius 3 is 2.44 bits per heavy atom. The first-order valence-electron chi connectivity index (χ1n) is 19.8. The molecule has 12 nitrogen and oxygen atoms in total. The number of piperidine rings is 1. The third-order valence-electron chi connectivity index (χ3n) is 11.1. The van der Waals surface area contributed by atoms with E-state index in [0.29, 0.717) is 54.9 Å². The molecule has 7 rings (SSSR count). The molecule has 55 heavy (non-hydrogen) atoms. The zero-order chi connectivity index (χ0) is 38.1. The molecule has 4 aromatic rings. The predicted octanol–water partition coefficient (Wildman–Crippen LogP) is 5.45. The Hall–Kier alpha value is -4.95. The molecule has 0 bridgehead atoms. The van der Waals surface area contributed by atoms with Gasteiger partial charge in [-0.05, 0) is 80.6 Å². The van der Waals surface area contributed by atoms with Gasteiger partial charge in [-0.3, -0.25) is 24.6 Å². The lowest BCUT2D eigenvalue weighted by Gasteiger charge is -2.34. The van der Waals surface area contributed by atoms with Gasteiger partial charge in [-0.1, -0.05) is 37.8 Å². The van der Waals surface area contributed by atoms with Crippen LogP contribution in [0.5, 0.6) is 0 Å². The Balaban J connectivity index is 0.753. The van der Waals surface area contributed by atoms with E-state index in [-0.39, 0.29) is 29.8 Å². The van der Waals surface area contributed by atoms with Crippen molar-refractivity contribution in [3.8, 4) is 0 Å². The number of amides is 3. The van der Waals surface area contributed by atoms with Crippen LogP contribution in [-0.4, -0.2) is 94.0 Å². The van der Waals surface area contributed by atoms with Gasteiger partial charge in [-0.25, -0.2) is 18.3 Å². The number of piperazine rings is 1. The van der Waals surface area contributed by atoms with Crippen molar-refractivity contribution in [3.63, 3.8) is 0 Å². The molecule has 0 radical (unpaired) electrons. The number of nitrogens with one attached hydrogen (secondary N) is 3. The molecule has 0 saturated carbocycles. The summed E-state index contributed by atoms with van der Waals surface area (Å²) in [7, 11) is 0. The average molecular weight is 756 g/mol. The van der Waals surface area contributed by atoms with Crippen molar-refractivity contribution < 1.29 is 23.2 Å². The number of hydrogen-bond donors (Lipinski definition) is 3. The van der Waals surface area contributed by atoms with Crippen LogP contribution in [0.2, 0.25) is 0 Å². The number of hydrogen-bond acceptors (Lipinski definition) is 9. The number of aromatic nitrogens is 3. The smallest absolute Gasteiger partial charge is 0.256 e. The number of rotatable bonds is 16. The number of carbonyl (C=O) groups is 3. The molecule has 3 fully saturated rings. The highest BCUT2D eigenvalue weighted by molar-refractivity contribution is 6.01. The van der Waals surface area contributed by atoms with Crippen molar-refractivity contribution in [1.82, 2.24) is 35.0 Å². The third-order valence-corrected chi connectivity index (χ3v) is 11.1. The first-order chi connectivity index (χ1) is 26.8. The number of carbonyl (C=O) groups excluding carboxylic acids is 3. The summed E-state index contributed by atoms with van der Waals surface area (Å²) in [6.07, 6.45) is 12.3. The van der Waals surface area contributed by atoms with Gasteiger partial charge in [0.05, 0.1) is 12.2 Å². The van der Waals surface area contributed by atoms with Crippen LogP contribution in [0.3, 0.4) is 0 Å². The molecule has 3 saturated heterocycles. The second-order valence-electron chi connectivity index (χ2n) is 15.0. The molecule has 2 aromatic carbocycles. The molecular formula is C41H51F2N9O3. The van der Waals surface area contributed by atoms with Gasteiger partial charge in [0.25, 0.3) is 5.91 Å². The van der Waals surface area contributed by atoms with Crippen molar-refractivity contribution >= 4 is 34.9 Å². The van der Waals surface area contributed by atoms with E-state index in [4.69, 9.17) is 4.98 Å². The molecule has 14 heteroatoms. The molecule has 5 heterocycles. The highest BCUT2D eigenvalue weighted by Gasteiger charge is 2.30. The fourth-order valence-corrected chi connectivity index (χ4v) is 7.95. The van der Waals surface area contributed by atoms with Gasteiger partial charge in [0, 0.05) is 69.7 Å². The monoisotopic (exact) mass is 755 g/mol. The molecule has 0 aliphatic carbocycles. The first-order valence-corrected chi connectivity index (χ1v) is 19.8. The Bertz CT molecular complexity index is 1950. The standard InChI is InChI=1S/C41H51F2N9O3/c42-30-11-14-34(43)32(26-30)36-8-7-20-51(36)37-17-21-52-39(47-37)33(27-45-52)40(54)44-18-5-3-1-2-4-6-19-49-22-24-50(25-23-49)28-29-9-12-31(13-10-29)46-35-15-16-38(53)48-41(35)55/h9-14,17,21,26-27,35-36,46H,1-8,15-16,18-20,22-25,28H2,(H,44,54)(H,48,53,55). The molecule has 292 valence electrons. The zero-order valence-electron chi connectivity index (χ0n) is 31.3. The lowest BCUT2D eigenvalue weighted by molar-refractivity contribution is -0.133. The second kappa shape index (κ2) is 18.1.